The van der Waals surface area contributed by atoms with Gasteiger partial charge in [0.25, 0.3) is 10.0 Å². The Balaban J connectivity index is 1.40. The summed E-state index contributed by atoms with van der Waals surface area (Å²) >= 11 is 11.3. The van der Waals surface area contributed by atoms with Crippen LogP contribution in [0.1, 0.15) is 0 Å². The average Bonchev–Trinajstić information content (AvgIpc) is 2.87. The zero-order valence-electron chi connectivity index (χ0n) is 19.1. The number of anilines is 3. The maximum absolute atomic E-state index is 12.8. The fourth-order valence-corrected chi connectivity index (χ4v) is 4.62. The third kappa shape index (κ3) is 6.66. The third-order valence-electron chi connectivity index (χ3n) is 4.92. The summed E-state index contributed by atoms with van der Waals surface area (Å²) in [6, 6.07) is 27.6. The number of hydrogen-bond acceptors (Lipinski definition) is 5. The van der Waals surface area contributed by atoms with E-state index in [0.717, 1.165) is 11.4 Å². The molecule has 4 aromatic carbocycles. The van der Waals surface area contributed by atoms with Crippen LogP contribution in [0.15, 0.2) is 102 Å². The number of hydrogen-bond donors (Lipinski definition) is 3. The molecule has 0 aliphatic heterocycles. The van der Waals surface area contributed by atoms with Crippen molar-refractivity contribution in [3.8, 4) is 17.2 Å². The van der Waals surface area contributed by atoms with E-state index in [1.165, 1.54) is 19.2 Å². The quantitative estimate of drug-likeness (QED) is 0.213. The summed E-state index contributed by atoms with van der Waals surface area (Å²) in [4.78, 5) is 0.0349. The van der Waals surface area contributed by atoms with Crippen molar-refractivity contribution in [3.05, 3.63) is 102 Å². The number of rotatable bonds is 8. The van der Waals surface area contributed by atoms with Gasteiger partial charge in [-0.2, -0.15) is 0 Å². The first kappa shape index (κ1) is 25.3. The highest BCUT2D eigenvalue weighted by Gasteiger charge is 2.17. The van der Waals surface area contributed by atoms with Crippen molar-refractivity contribution in [2.45, 2.75) is 4.90 Å². The van der Waals surface area contributed by atoms with Gasteiger partial charge in [0, 0.05) is 22.5 Å². The van der Waals surface area contributed by atoms with E-state index < -0.39 is 10.0 Å². The van der Waals surface area contributed by atoms with Gasteiger partial charge >= 0.3 is 0 Å². The molecule has 0 saturated carbocycles. The minimum Gasteiger partial charge on any atom is -0.495 e. The molecule has 10 heteroatoms. The summed E-state index contributed by atoms with van der Waals surface area (Å²) < 4.78 is 39.3. The predicted molar refractivity (Wildman–Crippen MR) is 148 cm³/mol. The molecular formula is C26H22ClN3O4S2. The van der Waals surface area contributed by atoms with Crippen LogP contribution < -0.4 is 24.8 Å². The van der Waals surface area contributed by atoms with Crippen LogP contribution in [0.2, 0.25) is 5.02 Å². The summed E-state index contributed by atoms with van der Waals surface area (Å²) in [6.45, 7) is 0. The van der Waals surface area contributed by atoms with E-state index in [4.69, 9.17) is 33.3 Å². The topological polar surface area (TPSA) is 88.7 Å². The predicted octanol–water partition coefficient (Wildman–Crippen LogP) is 6.75. The smallest absolute Gasteiger partial charge is 0.262 e. The second-order valence-corrected chi connectivity index (χ2v) is 10.0. The van der Waals surface area contributed by atoms with E-state index in [-0.39, 0.29) is 4.90 Å². The van der Waals surface area contributed by atoms with E-state index >= 15 is 0 Å². The third-order valence-corrected chi connectivity index (χ3v) is 6.75. The van der Waals surface area contributed by atoms with E-state index in [1.54, 1.807) is 30.3 Å². The summed E-state index contributed by atoms with van der Waals surface area (Å²) in [6.07, 6.45) is 0. The number of halogens is 1. The Kier molecular flexibility index (Phi) is 7.94. The van der Waals surface area contributed by atoms with E-state index in [2.05, 4.69) is 15.4 Å². The maximum Gasteiger partial charge on any atom is 0.262 e. The first-order valence-electron chi connectivity index (χ1n) is 10.7. The van der Waals surface area contributed by atoms with Crippen molar-refractivity contribution in [2.24, 2.45) is 0 Å². The Morgan fingerprint density at radius 2 is 1.44 bits per heavy atom. The first-order chi connectivity index (χ1) is 17.3. The summed E-state index contributed by atoms with van der Waals surface area (Å²) in [7, 11) is -2.39. The van der Waals surface area contributed by atoms with Crippen molar-refractivity contribution < 1.29 is 17.9 Å². The van der Waals surface area contributed by atoms with E-state index in [0.29, 0.717) is 33.0 Å². The molecule has 184 valence electrons. The number of ether oxygens (including phenoxy) is 2. The molecule has 4 rings (SSSR count). The van der Waals surface area contributed by atoms with Crippen molar-refractivity contribution in [1.82, 2.24) is 0 Å². The molecule has 0 heterocycles. The first-order valence-corrected chi connectivity index (χ1v) is 13.0. The molecule has 7 nitrogen and oxygen atoms in total. The van der Waals surface area contributed by atoms with Crippen LogP contribution >= 0.6 is 23.8 Å². The molecule has 0 unspecified atom stereocenters. The molecule has 36 heavy (non-hydrogen) atoms. The van der Waals surface area contributed by atoms with Gasteiger partial charge in [0.1, 0.15) is 17.2 Å². The van der Waals surface area contributed by atoms with Gasteiger partial charge in [-0.15, -0.1) is 0 Å². The number of para-hydroxylation sites is 1. The van der Waals surface area contributed by atoms with Crippen molar-refractivity contribution in [3.63, 3.8) is 0 Å². The maximum atomic E-state index is 12.8. The fourth-order valence-electron chi connectivity index (χ4n) is 3.19. The molecular weight excluding hydrogens is 518 g/mol. The van der Waals surface area contributed by atoms with Crippen LogP contribution in [-0.4, -0.2) is 20.6 Å². The average molecular weight is 540 g/mol. The minimum atomic E-state index is -3.84. The zero-order chi connectivity index (χ0) is 25.5. The van der Waals surface area contributed by atoms with Gasteiger partial charge in [0.15, 0.2) is 5.11 Å². The van der Waals surface area contributed by atoms with Gasteiger partial charge < -0.3 is 20.1 Å². The number of benzene rings is 4. The lowest BCUT2D eigenvalue weighted by atomic mass is 10.3. The normalized spacial score (nSPS) is 10.8. The molecule has 0 bridgehead atoms. The summed E-state index contributed by atoms with van der Waals surface area (Å²) in [5.41, 5.74) is 1.65. The van der Waals surface area contributed by atoms with E-state index in [1.807, 2.05) is 54.6 Å². The van der Waals surface area contributed by atoms with Gasteiger partial charge in [0.2, 0.25) is 0 Å². The minimum absolute atomic E-state index is 0.0349. The number of nitrogens with one attached hydrogen (secondary N) is 3. The molecule has 0 amide bonds. The highest BCUT2D eigenvalue weighted by atomic mass is 35.5. The molecule has 0 fully saturated rings. The largest absolute Gasteiger partial charge is 0.495 e. The highest BCUT2D eigenvalue weighted by Crippen LogP contribution is 2.29. The molecule has 0 aliphatic carbocycles. The molecule has 3 N–H and O–H groups in total. The van der Waals surface area contributed by atoms with Gasteiger partial charge in [-0.1, -0.05) is 29.8 Å². The Morgan fingerprint density at radius 3 is 2.11 bits per heavy atom. The van der Waals surface area contributed by atoms with E-state index in [9.17, 15) is 8.42 Å². The molecule has 4 aromatic rings. The molecule has 0 spiro atoms. The van der Waals surface area contributed by atoms with Crippen LogP contribution in [0.4, 0.5) is 17.1 Å². The lowest BCUT2D eigenvalue weighted by Gasteiger charge is -2.15. The Bertz CT molecular complexity index is 1450. The SMILES string of the molecule is COc1cc(S(=O)(=O)Nc2ccc(Cl)cc2)ccc1NC(=S)Nc1ccc(Oc2ccccc2)cc1. The summed E-state index contributed by atoms with van der Waals surface area (Å²) in [5, 5.41) is 6.93. The van der Waals surface area contributed by atoms with Crippen LogP contribution in [-0.2, 0) is 10.0 Å². The number of thiocarbonyl (C=S) groups is 1. The van der Waals surface area contributed by atoms with Crippen LogP contribution in [0, 0.1) is 0 Å². The van der Waals surface area contributed by atoms with Gasteiger partial charge in [-0.3, -0.25) is 4.72 Å². The standard InChI is InChI=1S/C26H22ClN3O4S2/c1-33-25-17-23(36(31,32)30-20-9-7-18(27)8-10-20)15-16-24(25)29-26(35)28-19-11-13-22(14-12-19)34-21-5-3-2-4-6-21/h2-17,30H,1H3,(H2,28,29,35). The summed E-state index contributed by atoms with van der Waals surface area (Å²) in [5.74, 6) is 1.75. The van der Waals surface area contributed by atoms with Gasteiger partial charge in [-0.25, -0.2) is 8.42 Å². The molecule has 0 aromatic heterocycles. The van der Waals surface area contributed by atoms with Crippen molar-refractivity contribution in [1.29, 1.82) is 0 Å². The lowest BCUT2D eigenvalue weighted by molar-refractivity contribution is 0.415. The second kappa shape index (κ2) is 11.3. The molecule has 0 radical (unpaired) electrons. The molecule has 0 aliphatic rings. The zero-order valence-corrected chi connectivity index (χ0v) is 21.5. The molecule has 0 atom stereocenters. The van der Waals surface area contributed by atoms with Crippen molar-refractivity contribution in [2.75, 3.05) is 22.5 Å². The Labute approximate surface area is 220 Å². The van der Waals surface area contributed by atoms with Crippen LogP contribution in [0.25, 0.3) is 0 Å². The fraction of sp³-hybridized carbons (Fsp3) is 0.0385. The Hall–Kier alpha value is -3.79. The van der Waals surface area contributed by atoms with Crippen molar-refractivity contribution >= 4 is 56.0 Å². The highest BCUT2D eigenvalue weighted by molar-refractivity contribution is 7.92. The molecule has 0 saturated heterocycles. The van der Waals surface area contributed by atoms with Crippen LogP contribution in [0.3, 0.4) is 0 Å². The second-order valence-electron chi connectivity index (χ2n) is 7.49. The Morgan fingerprint density at radius 1 is 0.806 bits per heavy atom. The van der Waals surface area contributed by atoms with Crippen LogP contribution in [0.5, 0.6) is 17.2 Å². The monoisotopic (exact) mass is 539 g/mol. The van der Waals surface area contributed by atoms with Gasteiger partial charge in [0.05, 0.1) is 17.7 Å². The lowest BCUT2D eigenvalue weighted by Crippen LogP contribution is -2.20. The van der Waals surface area contributed by atoms with Gasteiger partial charge in [-0.05, 0) is 85.0 Å². The number of methoxy groups -OCH3 is 1. The number of sulfonamides is 1.